The number of hydrogen-bond acceptors (Lipinski definition) is 7. The monoisotopic (exact) mass is 461 g/mol. The maximum Gasteiger partial charge on any atom is 0.305 e. The zero-order chi connectivity index (χ0) is 22.2. The highest BCUT2D eigenvalue weighted by atomic mass is 35.5. The van der Waals surface area contributed by atoms with Crippen LogP contribution in [0.25, 0.3) is 0 Å². The fourth-order valence-electron chi connectivity index (χ4n) is 2.66. The maximum atomic E-state index is 11.7. The lowest BCUT2D eigenvalue weighted by atomic mass is 10.2. The molecule has 0 radical (unpaired) electrons. The summed E-state index contributed by atoms with van der Waals surface area (Å²) in [5, 5.41) is 19.4. The first-order valence-electron chi connectivity index (χ1n) is 9.39. The number of carboxylic acids is 1. The largest absolute Gasteiger partial charge is 0.490 e. The molecule has 0 aliphatic carbocycles. The molecule has 1 aliphatic rings. The molecular formula is C21H20ClN3O5S. The molecule has 10 heteroatoms. The fourth-order valence-corrected chi connectivity index (χ4v) is 3.76. The van der Waals surface area contributed by atoms with Crippen LogP contribution in [0, 0.1) is 0 Å². The van der Waals surface area contributed by atoms with Crippen LogP contribution in [0.2, 0.25) is 5.02 Å². The van der Waals surface area contributed by atoms with Gasteiger partial charge in [-0.15, -0.1) is 5.10 Å². The van der Waals surface area contributed by atoms with Gasteiger partial charge in [-0.2, -0.15) is 5.10 Å². The third-order valence-electron chi connectivity index (χ3n) is 4.10. The average molecular weight is 462 g/mol. The Morgan fingerprint density at radius 3 is 2.81 bits per heavy atom. The first-order valence-corrected chi connectivity index (χ1v) is 10.7. The van der Waals surface area contributed by atoms with E-state index in [1.165, 1.54) is 6.21 Å². The van der Waals surface area contributed by atoms with Gasteiger partial charge in [0.15, 0.2) is 16.7 Å². The molecule has 1 heterocycles. The zero-order valence-corrected chi connectivity index (χ0v) is 18.2. The quantitative estimate of drug-likeness (QED) is 0.435. The van der Waals surface area contributed by atoms with Crippen molar-refractivity contribution in [3.63, 3.8) is 0 Å². The SMILES string of the molecule is CCOc1cc(/C=N/N=C2/NC(=O)C(CC(=O)O)S2)ccc1OCc1ccccc1Cl. The first-order chi connectivity index (χ1) is 15.0. The number of thioether (sulfide) groups is 1. The number of nitrogens with one attached hydrogen (secondary N) is 1. The lowest BCUT2D eigenvalue weighted by Gasteiger charge is -2.13. The number of ether oxygens (including phenoxy) is 2. The van der Waals surface area contributed by atoms with E-state index in [1.807, 2.05) is 25.1 Å². The van der Waals surface area contributed by atoms with Crippen molar-refractivity contribution in [1.82, 2.24) is 5.32 Å². The van der Waals surface area contributed by atoms with E-state index in [1.54, 1.807) is 24.3 Å². The van der Waals surface area contributed by atoms with Crippen molar-refractivity contribution in [2.24, 2.45) is 10.2 Å². The highest BCUT2D eigenvalue weighted by Gasteiger charge is 2.32. The minimum absolute atomic E-state index is 0.261. The minimum atomic E-state index is -1.04. The van der Waals surface area contributed by atoms with E-state index in [0.717, 1.165) is 17.3 Å². The Bertz CT molecular complexity index is 1030. The van der Waals surface area contributed by atoms with E-state index in [0.29, 0.717) is 35.3 Å². The molecule has 1 saturated heterocycles. The molecule has 8 nitrogen and oxygen atoms in total. The number of hydrogen-bond donors (Lipinski definition) is 2. The van der Waals surface area contributed by atoms with Crippen molar-refractivity contribution in [3.8, 4) is 11.5 Å². The van der Waals surface area contributed by atoms with Gasteiger partial charge in [0.25, 0.3) is 0 Å². The second-order valence-electron chi connectivity index (χ2n) is 6.36. The Balaban J connectivity index is 1.67. The predicted molar refractivity (Wildman–Crippen MR) is 120 cm³/mol. The van der Waals surface area contributed by atoms with Crippen LogP contribution in [-0.2, 0) is 16.2 Å². The van der Waals surface area contributed by atoms with Gasteiger partial charge >= 0.3 is 5.97 Å². The van der Waals surface area contributed by atoms with Crippen molar-refractivity contribution >= 4 is 46.6 Å². The van der Waals surface area contributed by atoms with E-state index in [9.17, 15) is 9.59 Å². The van der Waals surface area contributed by atoms with Crippen LogP contribution in [0.15, 0.2) is 52.7 Å². The third kappa shape index (κ3) is 6.47. The fraction of sp³-hybridized carbons (Fsp3) is 0.238. The van der Waals surface area contributed by atoms with Crippen molar-refractivity contribution < 1.29 is 24.2 Å². The zero-order valence-electron chi connectivity index (χ0n) is 16.6. The summed E-state index contributed by atoms with van der Waals surface area (Å²) in [4.78, 5) is 22.5. The molecule has 0 aromatic heterocycles. The van der Waals surface area contributed by atoms with Crippen LogP contribution in [0.4, 0.5) is 0 Å². The van der Waals surface area contributed by atoms with Crippen LogP contribution in [-0.4, -0.2) is 40.2 Å². The van der Waals surface area contributed by atoms with E-state index in [4.69, 9.17) is 26.2 Å². The van der Waals surface area contributed by atoms with Gasteiger partial charge in [-0.05, 0) is 36.8 Å². The molecule has 162 valence electrons. The van der Waals surface area contributed by atoms with Crippen LogP contribution in [0.3, 0.4) is 0 Å². The summed E-state index contributed by atoms with van der Waals surface area (Å²) in [6.07, 6.45) is 1.23. The molecule has 1 fully saturated rings. The van der Waals surface area contributed by atoms with Crippen molar-refractivity contribution in [2.75, 3.05) is 6.61 Å². The smallest absolute Gasteiger partial charge is 0.305 e. The normalized spacial score (nSPS) is 17.2. The molecule has 1 amide bonds. The maximum absolute atomic E-state index is 11.7. The number of benzene rings is 2. The van der Waals surface area contributed by atoms with Gasteiger partial charge in [0.05, 0.1) is 19.2 Å². The summed E-state index contributed by atoms with van der Waals surface area (Å²) >= 11 is 7.21. The van der Waals surface area contributed by atoms with Gasteiger partial charge < -0.3 is 19.9 Å². The molecule has 31 heavy (non-hydrogen) atoms. The number of amidine groups is 1. The summed E-state index contributed by atoms with van der Waals surface area (Å²) in [5.74, 6) is -0.311. The molecule has 0 bridgehead atoms. The highest BCUT2D eigenvalue weighted by molar-refractivity contribution is 8.15. The van der Waals surface area contributed by atoms with Crippen molar-refractivity contribution in [3.05, 3.63) is 58.6 Å². The van der Waals surface area contributed by atoms with E-state index in [2.05, 4.69) is 15.5 Å². The number of carbonyl (C=O) groups excluding carboxylic acids is 1. The van der Waals surface area contributed by atoms with Crippen molar-refractivity contribution in [1.29, 1.82) is 0 Å². The lowest BCUT2D eigenvalue weighted by molar-refractivity contribution is -0.138. The molecule has 0 spiro atoms. The standard InChI is InChI=1S/C21H20ClN3O5S/c1-2-29-17-9-13(7-8-16(17)30-12-14-5-3-4-6-15(14)22)11-23-25-21-24-20(28)18(31-21)10-19(26)27/h3-9,11,18H,2,10,12H2,1H3,(H,26,27)(H,24,25,28)/b23-11+. The average Bonchev–Trinajstić information content (AvgIpc) is 3.07. The lowest BCUT2D eigenvalue weighted by Crippen LogP contribution is -2.26. The van der Waals surface area contributed by atoms with Crippen LogP contribution >= 0.6 is 23.4 Å². The molecule has 2 aromatic carbocycles. The summed E-state index contributed by atoms with van der Waals surface area (Å²) in [6, 6.07) is 12.8. The first kappa shape index (κ1) is 22.6. The van der Waals surface area contributed by atoms with Gasteiger partial charge in [-0.1, -0.05) is 41.6 Å². The molecule has 1 aliphatic heterocycles. The van der Waals surface area contributed by atoms with Crippen LogP contribution in [0.1, 0.15) is 24.5 Å². The number of halogens is 1. The summed E-state index contributed by atoms with van der Waals surface area (Å²) in [5.41, 5.74) is 1.58. The topological polar surface area (TPSA) is 110 Å². The van der Waals surface area contributed by atoms with E-state index in [-0.39, 0.29) is 17.5 Å². The van der Waals surface area contributed by atoms with Gasteiger partial charge in [0.1, 0.15) is 11.9 Å². The Labute approximate surface area is 188 Å². The highest BCUT2D eigenvalue weighted by Crippen LogP contribution is 2.30. The molecule has 1 atom stereocenters. The predicted octanol–water partition coefficient (Wildman–Crippen LogP) is 3.71. The third-order valence-corrected chi connectivity index (χ3v) is 5.54. The molecule has 0 saturated carbocycles. The Morgan fingerprint density at radius 2 is 2.06 bits per heavy atom. The van der Waals surface area contributed by atoms with Gasteiger partial charge in [-0.3, -0.25) is 9.59 Å². The summed E-state index contributed by atoms with van der Waals surface area (Å²) in [7, 11) is 0. The van der Waals surface area contributed by atoms with Gasteiger partial charge in [0.2, 0.25) is 5.91 Å². The second-order valence-corrected chi connectivity index (χ2v) is 7.96. The number of rotatable bonds is 9. The summed E-state index contributed by atoms with van der Waals surface area (Å²) < 4.78 is 11.5. The Hall–Kier alpha value is -3.04. The molecule has 2 aromatic rings. The number of carboxylic acid groups (broad SMARTS) is 1. The molecule has 3 rings (SSSR count). The van der Waals surface area contributed by atoms with Crippen molar-refractivity contribution in [2.45, 2.75) is 25.2 Å². The van der Waals surface area contributed by atoms with E-state index < -0.39 is 11.2 Å². The number of aliphatic carboxylic acids is 1. The Morgan fingerprint density at radius 1 is 1.26 bits per heavy atom. The minimum Gasteiger partial charge on any atom is -0.490 e. The van der Waals surface area contributed by atoms with E-state index >= 15 is 0 Å². The molecule has 1 unspecified atom stereocenters. The Kier molecular flexibility index (Phi) is 7.91. The second kappa shape index (κ2) is 10.8. The number of carbonyl (C=O) groups is 2. The van der Waals surface area contributed by atoms with Gasteiger partial charge in [0, 0.05) is 10.6 Å². The molecular weight excluding hydrogens is 442 g/mol. The number of nitrogens with zero attached hydrogens (tertiary/aromatic N) is 2. The number of amides is 1. The molecule has 2 N–H and O–H groups in total. The van der Waals surface area contributed by atoms with Crippen LogP contribution < -0.4 is 14.8 Å². The van der Waals surface area contributed by atoms with Gasteiger partial charge in [-0.25, -0.2) is 0 Å². The van der Waals surface area contributed by atoms with Crippen LogP contribution in [0.5, 0.6) is 11.5 Å². The summed E-state index contributed by atoms with van der Waals surface area (Å²) in [6.45, 7) is 2.63.